The van der Waals surface area contributed by atoms with Gasteiger partial charge in [0, 0.05) is 14.0 Å². The number of hydrogen-bond acceptors (Lipinski definition) is 13. The molecule has 0 spiro atoms. The van der Waals surface area contributed by atoms with Gasteiger partial charge in [0.15, 0.2) is 18.7 Å². The molecule has 0 radical (unpaired) electrons. The fourth-order valence-electron chi connectivity index (χ4n) is 8.02. The van der Waals surface area contributed by atoms with Gasteiger partial charge in [0.05, 0.1) is 45.1 Å². The lowest BCUT2D eigenvalue weighted by molar-refractivity contribution is -0.346. The second kappa shape index (κ2) is 25.3. The Kier molecular flexibility index (Phi) is 18.8. The average molecular weight is 933 g/mol. The average Bonchev–Trinajstić information content (AvgIpc) is 3.36. The number of esters is 2. The van der Waals surface area contributed by atoms with Crippen LogP contribution in [0.2, 0.25) is 0 Å². The number of carbonyl (C=O) groups is 2. The molecule has 0 amide bonds. The zero-order valence-corrected chi connectivity index (χ0v) is 39.5. The van der Waals surface area contributed by atoms with E-state index < -0.39 is 78.8 Å². The van der Waals surface area contributed by atoms with Gasteiger partial charge in [0.25, 0.3) is 0 Å². The van der Waals surface area contributed by atoms with Gasteiger partial charge in [-0.1, -0.05) is 152 Å². The van der Waals surface area contributed by atoms with E-state index in [0.29, 0.717) is 0 Å². The van der Waals surface area contributed by atoms with Gasteiger partial charge >= 0.3 is 11.9 Å². The van der Waals surface area contributed by atoms with Crippen LogP contribution in [-0.4, -0.2) is 93.7 Å². The number of carbonyl (C=O) groups excluding carboxylic acids is 2. The lowest BCUT2D eigenvalue weighted by atomic mass is 9.96. The maximum atomic E-state index is 13.3. The number of ether oxygens (including phenoxy) is 11. The van der Waals surface area contributed by atoms with E-state index in [1.54, 1.807) is 27.9 Å². The maximum Gasteiger partial charge on any atom is 0.311 e. The minimum atomic E-state index is -1.27. The van der Waals surface area contributed by atoms with Crippen LogP contribution in [-0.2, 0) is 94.7 Å². The second-order valence-corrected chi connectivity index (χ2v) is 17.9. The molecule has 5 aromatic carbocycles. The first-order chi connectivity index (χ1) is 33.1. The Labute approximate surface area is 399 Å². The van der Waals surface area contributed by atoms with E-state index in [-0.39, 0.29) is 46.2 Å². The van der Waals surface area contributed by atoms with Crippen LogP contribution in [0.1, 0.15) is 55.5 Å². The summed E-state index contributed by atoms with van der Waals surface area (Å²) in [6.45, 7) is 7.28. The predicted molar refractivity (Wildman–Crippen MR) is 251 cm³/mol. The molecule has 2 heterocycles. The SMILES string of the molecule is CO[C@H]1O[C@H](CO[C@@H]2O[C@H](COC(=O)C(C)(C)C)[C@@H](OCc3ccccc3)[C@H](OCc3ccccc3)[C@H]2OC(C)=O)[C@@H](OCc2ccccc2)[C@H](OCc2ccccc2)[C@H]1OCc1ccccc1. The van der Waals surface area contributed by atoms with E-state index in [1.165, 1.54) is 6.92 Å². The summed E-state index contributed by atoms with van der Waals surface area (Å²) in [5.41, 5.74) is 3.80. The monoisotopic (exact) mass is 932 g/mol. The smallest absolute Gasteiger partial charge is 0.311 e. The normalized spacial score (nSPS) is 25.1. The summed E-state index contributed by atoms with van der Waals surface area (Å²) < 4.78 is 71.9. The third-order valence-electron chi connectivity index (χ3n) is 11.6. The molecular weight excluding hydrogens is 869 g/mol. The molecule has 2 saturated heterocycles. The lowest BCUT2D eigenvalue weighted by Crippen LogP contribution is -2.64. The van der Waals surface area contributed by atoms with Gasteiger partial charge in [-0.25, -0.2) is 0 Å². The molecule has 5 aromatic rings. The van der Waals surface area contributed by atoms with Crippen molar-refractivity contribution in [1.29, 1.82) is 0 Å². The molecule has 0 unspecified atom stereocenters. The van der Waals surface area contributed by atoms with Gasteiger partial charge in [0.2, 0.25) is 0 Å². The molecule has 0 aromatic heterocycles. The fourth-order valence-corrected chi connectivity index (χ4v) is 8.02. The Balaban J connectivity index is 1.22. The molecule has 2 fully saturated rings. The van der Waals surface area contributed by atoms with Crippen molar-refractivity contribution >= 4 is 11.9 Å². The van der Waals surface area contributed by atoms with Gasteiger partial charge < -0.3 is 52.1 Å². The molecule has 362 valence electrons. The topological polar surface area (TPSA) is 136 Å². The van der Waals surface area contributed by atoms with Crippen molar-refractivity contribution in [2.45, 2.75) is 122 Å². The van der Waals surface area contributed by atoms with Crippen LogP contribution in [0, 0.1) is 5.41 Å². The molecular formula is C55H64O13. The number of methoxy groups -OCH3 is 1. The van der Waals surface area contributed by atoms with Crippen molar-refractivity contribution in [3.05, 3.63) is 179 Å². The summed E-state index contributed by atoms with van der Waals surface area (Å²) in [5.74, 6) is -1.03. The van der Waals surface area contributed by atoms with E-state index in [4.69, 9.17) is 52.1 Å². The van der Waals surface area contributed by atoms with Gasteiger partial charge in [-0.3, -0.25) is 9.59 Å². The Morgan fingerprint density at radius 2 is 0.779 bits per heavy atom. The van der Waals surface area contributed by atoms with Crippen molar-refractivity contribution in [2.75, 3.05) is 20.3 Å². The molecule has 0 bridgehead atoms. The Hall–Kier alpha value is -5.32. The summed E-state index contributed by atoms with van der Waals surface area (Å²) >= 11 is 0. The van der Waals surface area contributed by atoms with Gasteiger partial charge in [-0.05, 0) is 48.6 Å². The fraction of sp³-hybridized carbons (Fsp3) is 0.418. The number of hydrogen-bond donors (Lipinski definition) is 0. The summed E-state index contributed by atoms with van der Waals surface area (Å²) in [6.07, 6.45) is -9.31. The molecule has 0 aliphatic carbocycles. The first-order valence-electron chi connectivity index (χ1n) is 23.1. The van der Waals surface area contributed by atoms with E-state index in [1.807, 2.05) is 152 Å². The van der Waals surface area contributed by atoms with Crippen LogP contribution in [0.5, 0.6) is 0 Å². The van der Waals surface area contributed by atoms with E-state index >= 15 is 0 Å². The minimum Gasteiger partial charge on any atom is -0.462 e. The van der Waals surface area contributed by atoms with Gasteiger partial charge in [-0.2, -0.15) is 0 Å². The third-order valence-corrected chi connectivity index (χ3v) is 11.6. The van der Waals surface area contributed by atoms with Crippen LogP contribution < -0.4 is 0 Å². The summed E-state index contributed by atoms with van der Waals surface area (Å²) in [6, 6.07) is 48.7. The molecule has 7 rings (SSSR count). The quantitative estimate of drug-likeness (QED) is 0.0614. The summed E-state index contributed by atoms with van der Waals surface area (Å²) in [4.78, 5) is 26.4. The van der Waals surface area contributed by atoms with Crippen molar-refractivity contribution < 1.29 is 61.7 Å². The highest BCUT2D eigenvalue weighted by Crippen LogP contribution is 2.35. The highest BCUT2D eigenvalue weighted by atomic mass is 16.8. The van der Waals surface area contributed by atoms with Crippen LogP contribution >= 0.6 is 0 Å². The number of rotatable bonds is 22. The summed E-state index contributed by atoms with van der Waals surface area (Å²) in [5, 5.41) is 0. The molecule has 13 nitrogen and oxygen atoms in total. The molecule has 68 heavy (non-hydrogen) atoms. The second-order valence-electron chi connectivity index (χ2n) is 17.9. The first-order valence-corrected chi connectivity index (χ1v) is 23.1. The third kappa shape index (κ3) is 14.6. The molecule has 10 atom stereocenters. The minimum absolute atomic E-state index is 0.136. The number of benzene rings is 5. The van der Waals surface area contributed by atoms with E-state index in [9.17, 15) is 9.59 Å². The van der Waals surface area contributed by atoms with E-state index in [2.05, 4.69) is 0 Å². The zero-order chi connectivity index (χ0) is 47.7. The van der Waals surface area contributed by atoms with Crippen LogP contribution in [0.4, 0.5) is 0 Å². The van der Waals surface area contributed by atoms with Gasteiger partial charge in [-0.15, -0.1) is 0 Å². The molecule has 0 N–H and O–H groups in total. The van der Waals surface area contributed by atoms with Crippen molar-refractivity contribution in [3.63, 3.8) is 0 Å². The van der Waals surface area contributed by atoms with Crippen LogP contribution in [0.15, 0.2) is 152 Å². The molecule has 13 heteroatoms. The highest BCUT2D eigenvalue weighted by Gasteiger charge is 2.53. The Morgan fingerprint density at radius 3 is 1.15 bits per heavy atom. The standard InChI is InChI=1S/C55H64O13/c1-38(56)66-51-49(62-34-42-27-17-9-18-28-42)47(60-32-40-23-13-7-14-24-40)45(37-65-54(57)55(2,3)4)68-53(51)64-36-44-46(59-31-39-21-11-6-12-22-39)48(61-33-41-25-15-8-16-26-41)50(52(58-5)67-44)63-35-43-29-19-10-20-30-43/h6-30,44-53H,31-37H2,1-5H3/t44-,45-,46-,47-,48+,49+,50-,51-,52+,53-/m1/s1. The predicted octanol–water partition coefficient (Wildman–Crippen LogP) is 8.55. The Bertz CT molecular complexity index is 2230. The summed E-state index contributed by atoms with van der Waals surface area (Å²) in [7, 11) is 1.55. The van der Waals surface area contributed by atoms with Crippen molar-refractivity contribution in [3.8, 4) is 0 Å². The van der Waals surface area contributed by atoms with Crippen molar-refractivity contribution in [1.82, 2.24) is 0 Å². The zero-order valence-electron chi connectivity index (χ0n) is 39.5. The van der Waals surface area contributed by atoms with Crippen LogP contribution in [0.3, 0.4) is 0 Å². The molecule has 0 saturated carbocycles. The highest BCUT2D eigenvalue weighted by molar-refractivity contribution is 5.75. The largest absolute Gasteiger partial charge is 0.462 e. The lowest BCUT2D eigenvalue weighted by Gasteiger charge is -2.47. The first kappa shape index (κ1) is 50.6. The molecule has 2 aliphatic rings. The van der Waals surface area contributed by atoms with Crippen LogP contribution in [0.25, 0.3) is 0 Å². The molecule has 2 aliphatic heterocycles. The van der Waals surface area contributed by atoms with E-state index in [0.717, 1.165) is 27.8 Å². The maximum absolute atomic E-state index is 13.3. The Morgan fingerprint density at radius 1 is 0.441 bits per heavy atom. The van der Waals surface area contributed by atoms with Gasteiger partial charge in [0.1, 0.15) is 49.3 Å². The van der Waals surface area contributed by atoms with Crippen molar-refractivity contribution in [2.24, 2.45) is 5.41 Å².